The van der Waals surface area contributed by atoms with Gasteiger partial charge in [-0.25, -0.2) is 9.78 Å². The summed E-state index contributed by atoms with van der Waals surface area (Å²) in [6, 6.07) is 6.03. The number of carbonyl (C=O) groups excluding carboxylic acids is 2. The molecule has 9 nitrogen and oxygen atoms in total. The summed E-state index contributed by atoms with van der Waals surface area (Å²) in [5.41, 5.74) is 1.33. The lowest BCUT2D eigenvalue weighted by Gasteiger charge is -2.31. The van der Waals surface area contributed by atoms with Gasteiger partial charge in [-0.05, 0) is 43.2 Å². The largest absolute Gasteiger partial charge is 0.508 e. The van der Waals surface area contributed by atoms with Crippen molar-refractivity contribution in [3.63, 3.8) is 0 Å². The molecule has 0 fully saturated rings. The number of phenolic OH excluding ortho intramolecular Hbond substituents is 1. The van der Waals surface area contributed by atoms with Crippen molar-refractivity contribution in [2.24, 2.45) is 0 Å². The molecule has 0 radical (unpaired) electrons. The average molecular weight is 449 g/mol. The lowest BCUT2D eigenvalue weighted by atomic mass is 9.86. The van der Waals surface area contributed by atoms with E-state index in [9.17, 15) is 24.6 Å². The predicted octanol–water partition coefficient (Wildman–Crippen LogP) is 1.98. The van der Waals surface area contributed by atoms with Gasteiger partial charge in [-0.15, -0.1) is 0 Å². The zero-order valence-corrected chi connectivity index (χ0v) is 18.4. The van der Waals surface area contributed by atoms with Gasteiger partial charge in [0, 0.05) is 23.4 Å². The first-order valence-electron chi connectivity index (χ1n) is 10.8. The van der Waals surface area contributed by atoms with Crippen molar-refractivity contribution in [2.75, 3.05) is 0 Å². The number of esters is 1. The van der Waals surface area contributed by atoms with Gasteiger partial charge in [-0.3, -0.25) is 9.59 Å². The molecule has 3 N–H and O–H groups in total. The lowest BCUT2D eigenvalue weighted by molar-refractivity contribution is -0.172. The Morgan fingerprint density at radius 2 is 2.06 bits per heavy atom. The summed E-state index contributed by atoms with van der Waals surface area (Å²) in [4.78, 5) is 42.3. The highest BCUT2D eigenvalue weighted by atomic mass is 16.6. The Kier molecular flexibility index (Phi) is 4.58. The van der Waals surface area contributed by atoms with Crippen LogP contribution in [-0.2, 0) is 33.1 Å². The van der Waals surface area contributed by atoms with Crippen molar-refractivity contribution in [1.29, 1.82) is 0 Å². The van der Waals surface area contributed by atoms with Crippen LogP contribution in [0, 0.1) is 0 Å². The monoisotopic (exact) mass is 449 g/mol. The fraction of sp³-hybridized carbons (Fsp3) is 0.333. The molecule has 0 saturated carbocycles. The predicted molar refractivity (Wildman–Crippen MR) is 118 cm³/mol. The Hall–Kier alpha value is -3.72. The smallest absolute Gasteiger partial charge is 0.343 e. The quantitative estimate of drug-likeness (QED) is 0.408. The van der Waals surface area contributed by atoms with Gasteiger partial charge in [-0.2, -0.15) is 0 Å². The molecule has 2 atom stereocenters. The molecule has 2 aliphatic rings. The number of pyridine rings is 2. The van der Waals surface area contributed by atoms with Crippen LogP contribution in [0.1, 0.15) is 55.5 Å². The first-order chi connectivity index (χ1) is 15.7. The van der Waals surface area contributed by atoms with Crippen LogP contribution in [-0.4, -0.2) is 31.6 Å². The molecule has 2 aromatic heterocycles. The van der Waals surface area contributed by atoms with Crippen LogP contribution >= 0.6 is 0 Å². The van der Waals surface area contributed by atoms with E-state index >= 15 is 0 Å². The summed E-state index contributed by atoms with van der Waals surface area (Å²) >= 11 is 0. The van der Waals surface area contributed by atoms with Crippen molar-refractivity contribution in [3.8, 4) is 17.1 Å². The highest BCUT2D eigenvalue weighted by Gasteiger charge is 2.45. The fourth-order valence-electron chi connectivity index (χ4n) is 4.97. The fourth-order valence-corrected chi connectivity index (χ4v) is 4.97. The van der Waals surface area contributed by atoms with Crippen LogP contribution in [0.4, 0.5) is 0 Å². The molecule has 0 unspecified atom stereocenters. The van der Waals surface area contributed by atoms with Gasteiger partial charge in [0.2, 0.25) is 5.91 Å². The number of ether oxygens (including phenoxy) is 1. The summed E-state index contributed by atoms with van der Waals surface area (Å²) < 4.78 is 6.67. The second-order valence-corrected chi connectivity index (χ2v) is 8.58. The molecular weight excluding hydrogens is 426 g/mol. The molecule has 1 aromatic carbocycles. The van der Waals surface area contributed by atoms with E-state index in [0.717, 1.165) is 11.1 Å². The topological polar surface area (TPSA) is 131 Å². The Morgan fingerprint density at radius 3 is 2.76 bits per heavy atom. The maximum atomic E-state index is 13.4. The lowest BCUT2D eigenvalue weighted by Crippen LogP contribution is -2.44. The minimum Gasteiger partial charge on any atom is -0.508 e. The normalized spacial score (nSPS) is 19.5. The molecule has 5 rings (SSSR count). The molecule has 1 amide bonds. The van der Waals surface area contributed by atoms with Crippen molar-refractivity contribution in [2.45, 2.75) is 52.0 Å². The number of aromatic hydroxyl groups is 1. The Balaban J connectivity index is 1.82. The number of amides is 1. The van der Waals surface area contributed by atoms with E-state index in [1.165, 1.54) is 13.0 Å². The van der Waals surface area contributed by atoms with E-state index in [1.807, 2.05) is 6.92 Å². The zero-order valence-electron chi connectivity index (χ0n) is 18.4. The van der Waals surface area contributed by atoms with Gasteiger partial charge in [-0.1, -0.05) is 6.92 Å². The summed E-state index contributed by atoms with van der Waals surface area (Å²) in [6.07, 6.45) is 0.0594. The molecule has 3 aromatic rings. The van der Waals surface area contributed by atoms with Crippen molar-refractivity contribution in [3.05, 3.63) is 56.9 Å². The number of fused-ring (bicyclic) bond motifs is 5. The highest BCUT2D eigenvalue weighted by Crippen LogP contribution is 2.42. The number of carbonyl (C=O) groups is 2. The van der Waals surface area contributed by atoms with Gasteiger partial charge < -0.3 is 24.8 Å². The minimum absolute atomic E-state index is 0.0594. The number of benzene rings is 1. The average Bonchev–Trinajstić information content (AvgIpc) is 3.13. The number of phenols is 1. The van der Waals surface area contributed by atoms with Gasteiger partial charge in [0.05, 0.1) is 35.1 Å². The molecular formula is C24H23N3O6. The summed E-state index contributed by atoms with van der Waals surface area (Å²) in [6.45, 7) is 4.91. The molecule has 33 heavy (non-hydrogen) atoms. The Labute approximate surface area is 188 Å². The number of cyclic esters (lactones) is 1. The molecule has 4 heterocycles. The number of nitrogens with zero attached hydrogens (tertiary/aromatic N) is 2. The van der Waals surface area contributed by atoms with Gasteiger partial charge >= 0.3 is 5.97 Å². The van der Waals surface area contributed by atoms with Gasteiger partial charge in [0.15, 0.2) is 5.60 Å². The van der Waals surface area contributed by atoms with Crippen molar-refractivity contribution >= 4 is 22.8 Å². The number of hydrogen-bond donors (Lipinski definition) is 3. The number of aliphatic hydroxyl groups is 1. The number of hydrogen-bond acceptors (Lipinski definition) is 7. The second kappa shape index (κ2) is 7.14. The van der Waals surface area contributed by atoms with Crippen LogP contribution in [0.25, 0.3) is 22.3 Å². The van der Waals surface area contributed by atoms with Crippen LogP contribution in [0.2, 0.25) is 0 Å². The molecule has 2 aliphatic heterocycles. The zero-order chi connectivity index (χ0) is 23.7. The molecule has 0 saturated heterocycles. The molecule has 0 bridgehead atoms. The Morgan fingerprint density at radius 1 is 1.30 bits per heavy atom. The highest BCUT2D eigenvalue weighted by molar-refractivity contribution is 5.90. The van der Waals surface area contributed by atoms with Crippen molar-refractivity contribution < 1.29 is 24.5 Å². The van der Waals surface area contributed by atoms with Crippen LogP contribution in [0.15, 0.2) is 29.1 Å². The van der Waals surface area contributed by atoms with E-state index < -0.39 is 17.6 Å². The van der Waals surface area contributed by atoms with Crippen LogP contribution in [0.5, 0.6) is 5.75 Å². The minimum atomic E-state index is -1.90. The van der Waals surface area contributed by atoms with Crippen LogP contribution in [0.3, 0.4) is 0 Å². The summed E-state index contributed by atoms with van der Waals surface area (Å²) in [5.74, 6) is -0.928. The first-order valence-corrected chi connectivity index (χ1v) is 10.8. The van der Waals surface area contributed by atoms with E-state index in [4.69, 9.17) is 9.72 Å². The maximum Gasteiger partial charge on any atom is 0.343 e. The summed E-state index contributed by atoms with van der Waals surface area (Å²) in [5, 5.41) is 24.7. The van der Waals surface area contributed by atoms with E-state index in [1.54, 1.807) is 29.7 Å². The third-order valence-electron chi connectivity index (χ3n) is 6.57. The second-order valence-electron chi connectivity index (χ2n) is 8.58. The molecule has 0 aliphatic carbocycles. The number of aromatic nitrogens is 2. The third kappa shape index (κ3) is 2.96. The van der Waals surface area contributed by atoms with E-state index in [0.29, 0.717) is 22.3 Å². The van der Waals surface area contributed by atoms with Crippen molar-refractivity contribution in [1.82, 2.24) is 14.9 Å². The molecule has 0 spiro atoms. The molecule has 9 heteroatoms. The van der Waals surface area contributed by atoms with Crippen LogP contribution < -0.4 is 10.9 Å². The Bertz CT molecular complexity index is 1430. The SMILES string of the molecule is CC[C@@]1(O)C(=O)OCc2c1cc1n(c2=O)Cc2c-1nc1ccc(O)cc1c2[C@H](C)NC(C)=O. The van der Waals surface area contributed by atoms with E-state index in [2.05, 4.69) is 5.32 Å². The van der Waals surface area contributed by atoms with Gasteiger partial charge in [0.1, 0.15) is 12.4 Å². The molecule has 170 valence electrons. The summed E-state index contributed by atoms with van der Waals surface area (Å²) in [7, 11) is 0. The first kappa shape index (κ1) is 21.1. The maximum absolute atomic E-state index is 13.4. The third-order valence-corrected chi connectivity index (χ3v) is 6.57. The number of rotatable bonds is 3. The number of nitrogens with one attached hydrogen (secondary N) is 1. The van der Waals surface area contributed by atoms with Gasteiger partial charge in [0.25, 0.3) is 5.56 Å². The standard InChI is InChI=1S/C24H23N3O6/c1-4-24(32)17-8-19-21-15(9-27(19)22(30)16(17)10-33-23(24)31)20(11(2)25-12(3)28)14-7-13(29)5-6-18(14)26-21/h5-8,11,29,32H,4,9-10H2,1-3H3,(H,25,28)/t11-,24-/m0/s1. The van der Waals surface area contributed by atoms with E-state index in [-0.39, 0.29) is 47.9 Å².